The molecular weight excluding hydrogens is 210 g/mol. The van der Waals surface area contributed by atoms with Gasteiger partial charge >= 0.3 is 5.97 Å². The van der Waals surface area contributed by atoms with E-state index in [0.717, 1.165) is 12.8 Å². The maximum atomic E-state index is 11.3. The number of nitrogens with one attached hydrogen (secondary N) is 1. The second-order valence-corrected chi connectivity index (χ2v) is 3.95. The van der Waals surface area contributed by atoms with Gasteiger partial charge in [-0.3, -0.25) is 9.59 Å². The van der Waals surface area contributed by atoms with Crippen molar-refractivity contribution in [3.05, 3.63) is 0 Å². The fourth-order valence-electron chi connectivity index (χ4n) is 1.24. The van der Waals surface area contributed by atoms with E-state index in [1.165, 1.54) is 6.92 Å². The average Bonchev–Trinajstić information content (AvgIpc) is 2.15. The van der Waals surface area contributed by atoms with Gasteiger partial charge in [-0.05, 0) is 19.8 Å². The molecule has 0 aromatic rings. The molecule has 0 saturated carbocycles. The Morgan fingerprint density at radius 1 is 1.25 bits per heavy atom. The smallest absolute Gasteiger partial charge is 0.304 e. The molecule has 0 radical (unpaired) electrons. The van der Waals surface area contributed by atoms with Gasteiger partial charge in [-0.15, -0.1) is 0 Å². The molecule has 1 amide bonds. The Kier molecular flexibility index (Phi) is 7.16. The summed E-state index contributed by atoms with van der Waals surface area (Å²) < 4.78 is 0. The highest BCUT2D eigenvalue weighted by atomic mass is 16.4. The zero-order chi connectivity index (χ0) is 12.6. The van der Waals surface area contributed by atoms with Crippen LogP contribution in [0.25, 0.3) is 0 Å². The van der Waals surface area contributed by atoms with Crippen molar-refractivity contribution >= 4 is 17.7 Å². The standard InChI is InChI=1S/C11H19NO4/c1-8(7-10(14)15)11(16)12-6-4-3-5-9(2)13/h8H,3-7H2,1-2H3,(H,12,16)(H,14,15). The van der Waals surface area contributed by atoms with E-state index in [1.54, 1.807) is 6.92 Å². The zero-order valence-electron chi connectivity index (χ0n) is 9.78. The van der Waals surface area contributed by atoms with E-state index in [1.807, 2.05) is 0 Å². The van der Waals surface area contributed by atoms with Gasteiger partial charge in [-0.25, -0.2) is 0 Å². The normalized spacial score (nSPS) is 11.9. The Morgan fingerprint density at radius 3 is 2.38 bits per heavy atom. The van der Waals surface area contributed by atoms with Gasteiger partial charge in [0.15, 0.2) is 0 Å². The van der Waals surface area contributed by atoms with Gasteiger partial charge in [0.25, 0.3) is 0 Å². The molecule has 1 unspecified atom stereocenters. The van der Waals surface area contributed by atoms with E-state index in [-0.39, 0.29) is 18.1 Å². The zero-order valence-corrected chi connectivity index (χ0v) is 9.78. The molecule has 16 heavy (non-hydrogen) atoms. The molecule has 0 fully saturated rings. The Hall–Kier alpha value is -1.39. The Bertz CT molecular complexity index is 263. The van der Waals surface area contributed by atoms with Crippen LogP contribution in [0.4, 0.5) is 0 Å². The van der Waals surface area contributed by atoms with Gasteiger partial charge in [-0.2, -0.15) is 0 Å². The first kappa shape index (κ1) is 14.6. The maximum absolute atomic E-state index is 11.3. The van der Waals surface area contributed by atoms with Gasteiger partial charge in [0.05, 0.1) is 6.42 Å². The van der Waals surface area contributed by atoms with Crippen molar-refractivity contribution in [2.45, 2.75) is 39.5 Å². The number of rotatable bonds is 8. The number of carboxylic acids is 1. The molecule has 0 aromatic heterocycles. The van der Waals surface area contributed by atoms with Crippen LogP contribution < -0.4 is 5.32 Å². The molecule has 0 aliphatic rings. The van der Waals surface area contributed by atoms with Crippen LogP contribution in [0.15, 0.2) is 0 Å². The number of amides is 1. The lowest BCUT2D eigenvalue weighted by molar-refractivity contribution is -0.140. The van der Waals surface area contributed by atoms with E-state index < -0.39 is 11.9 Å². The molecule has 5 nitrogen and oxygen atoms in total. The second-order valence-electron chi connectivity index (χ2n) is 3.95. The van der Waals surface area contributed by atoms with Crippen LogP contribution in [0.2, 0.25) is 0 Å². The third-order valence-corrected chi connectivity index (χ3v) is 2.18. The summed E-state index contributed by atoms with van der Waals surface area (Å²) >= 11 is 0. The quantitative estimate of drug-likeness (QED) is 0.607. The molecular formula is C11H19NO4. The summed E-state index contributed by atoms with van der Waals surface area (Å²) in [6.45, 7) is 3.61. The summed E-state index contributed by atoms with van der Waals surface area (Å²) in [5.41, 5.74) is 0. The van der Waals surface area contributed by atoms with E-state index in [2.05, 4.69) is 5.32 Å². The summed E-state index contributed by atoms with van der Waals surface area (Å²) in [4.78, 5) is 32.3. The topological polar surface area (TPSA) is 83.5 Å². The third kappa shape index (κ3) is 7.96. The van der Waals surface area contributed by atoms with Crippen molar-refractivity contribution in [2.75, 3.05) is 6.54 Å². The number of carbonyl (C=O) groups excluding carboxylic acids is 2. The van der Waals surface area contributed by atoms with Crippen molar-refractivity contribution in [1.82, 2.24) is 5.32 Å². The number of unbranched alkanes of at least 4 members (excludes halogenated alkanes) is 1. The molecule has 0 saturated heterocycles. The van der Waals surface area contributed by atoms with Gasteiger partial charge in [0.1, 0.15) is 5.78 Å². The number of ketones is 1. The van der Waals surface area contributed by atoms with Gasteiger partial charge in [-0.1, -0.05) is 6.92 Å². The molecule has 0 rings (SSSR count). The number of hydrogen-bond acceptors (Lipinski definition) is 3. The summed E-state index contributed by atoms with van der Waals surface area (Å²) in [5.74, 6) is -1.58. The molecule has 92 valence electrons. The SMILES string of the molecule is CC(=O)CCCCNC(=O)C(C)CC(=O)O. The van der Waals surface area contributed by atoms with E-state index in [9.17, 15) is 14.4 Å². The van der Waals surface area contributed by atoms with Gasteiger partial charge in [0, 0.05) is 18.9 Å². The molecule has 0 aliphatic carbocycles. The summed E-state index contributed by atoms with van der Waals surface area (Å²) in [6.07, 6.45) is 1.87. The maximum Gasteiger partial charge on any atom is 0.304 e. The molecule has 2 N–H and O–H groups in total. The second kappa shape index (κ2) is 7.84. The number of aliphatic carboxylic acids is 1. The summed E-state index contributed by atoms with van der Waals surface area (Å²) in [6, 6.07) is 0. The van der Waals surface area contributed by atoms with Crippen LogP contribution >= 0.6 is 0 Å². The van der Waals surface area contributed by atoms with Crippen molar-refractivity contribution < 1.29 is 19.5 Å². The van der Waals surface area contributed by atoms with Crippen molar-refractivity contribution in [1.29, 1.82) is 0 Å². The van der Waals surface area contributed by atoms with Crippen LogP contribution in [0.1, 0.15) is 39.5 Å². The highest BCUT2D eigenvalue weighted by Gasteiger charge is 2.15. The lowest BCUT2D eigenvalue weighted by Crippen LogP contribution is -2.31. The predicted octanol–water partition coefficient (Wildman–Crippen LogP) is 0.973. The molecule has 0 heterocycles. The van der Waals surface area contributed by atoms with Crippen LogP contribution in [-0.2, 0) is 14.4 Å². The van der Waals surface area contributed by atoms with E-state index >= 15 is 0 Å². The minimum Gasteiger partial charge on any atom is -0.481 e. The van der Waals surface area contributed by atoms with Gasteiger partial charge < -0.3 is 15.2 Å². The Morgan fingerprint density at radius 2 is 1.88 bits per heavy atom. The number of hydrogen-bond donors (Lipinski definition) is 2. The molecule has 0 spiro atoms. The van der Waals surface area contributed by atoms with E-state index in [0.29, 0.717) is 13.0 Å². The van der Waals surface area contributed by atoms with Crippen molar-refractivity contribution in [3.63, 3.8) is 0 Å². The lowest BCUT2D eigenvalue weighted by atomic mass is 10.1. The Labute approximate surface area is 95.2 Å². The number of carboxylic acid groups (broad SMARTS) is 1. The number of carbonyl (C=O) groups is 3. The van der Waals surface area contributed by atoms with E-state index in [4.69, 9.17) is 5.11 Å². The highest BCUT2D eigenvalue weighted by Crippen LogP contribution is 2.02. The van der Waals surface area contributed by atoms with Crippen molar-refractivity contribution in [3.8, 4) is 0 Å². The molecule has 0 aromatic carbocycles. The molecule has 1 atom stereocenters. The fraction of sp³-hybridized carbons (Fsp3) is 0.727. The minimum atomic E-state index is -0.973. The average molecular weight is 229 g/mol. The van der Waals surface area contributed by atoms with Crippen LogP contribution in [-0.4, -0.2) is 29.3 Å². The fourth-order valence-corrected chi connectivity index (χ4v) is 1.24. The summed E-state index contributed by atoms with van der Waals surface area (Å²) in [7, 11) is 0. The van der Waals surface area contributed by atoms with Crippen LogP contribution in [0.5, 0.6) is 0 Å². The molecule has 5 heteroatoms. The molecule has 0 bridgehead atoms. The summed E-state index contributed by atoms with van der Waals surface area (Å²) in [5, 5.41) is 11.1. The third-order valence-electron chi connectivity index (χ3n) is 2.18. The highest BCUT2D eigenvalue weighted by molar-refractivity contribution is 5.82. The first-order valence-corrected chi connectivity index (χ1v) is 5.42. The first-order chi connectivity index (χ1) is 7.43. The largest absolute Gasteiger partial charge is 0.481 e. The van der Waals surface area contributed by atoms with Gasteiger partial charge in [0.2, 0.25) is 5.91 Å². The van der Waals surface area contributed by atoms with Crippen molar-refractivity contribution in [2.24, 2.45) is 5.92 Å². The molecule has 0 aliphatic heterocycles. The lowest BCUT2D eigenvalue weighted by Gasteiger charge is -2.09. The first-order valence-electron chi connectivity index (χ1n) is 5.42. The van der Waals surface area contributed by atoms with Crippen LogP contribution in [0.3, 0.4) is 0 Å². The van der Waals surface area contributed by atoms with Crippen LogP contribution in [0, 0.1) is 5.92 Å². The number of Topliss-reactive ketones (excluding diaryl/α,β-unsaturated/α-hetero) is 1. The monoisotopic (exact) mass is 229 g/mol. The Balaban J connectivity index is 3.57. The minimum absolute atomic E-state index is 0.144. The predicted molar refractivity (Wildman–Crippen MR) is 59.0 cm³/mol.